The van der Waals surface area contributed by atoms with E-state index in [0.717, 1.165) is 11.3 Å². The first kappa shape index (κ1) is 25.3. The molecule has 2 fully saturated rings. The van der Waals surface area contributed by atoms with Gasteiger partial charge in [0.25, 0.3) is 0 Å². The topological polar surface area (TPSA) is 99.7 Å². The Morgan fingerprint density at radius 3 is 2.12 bits per heavy atom. The van der Waals surface area contributed by atoms with Gasteiger partial charge in [0.2, 0.25) is 5.91 Å². The van der Waals surface area contributed by atoms with Crippen LogP contribution in [0.25, 0.3) is 0 Å². The molecule has 1 aromatic carbocycles. The normalized spacial score (nSPS) is 16.6. The van der Waals surface area contributed by atoms with Crippen molar-refractivity contribution in [3.05, 3.63) is 29.8 Å². The first-order valence-electron chi connectivity index (χ1n) is 11.6. The SMILES string of the molecule is COC(=O)CCc1ccc(N2CCN(CC(=O)N3CCN(C(=O)OC(C)(C)C)CC3)C2=O)cc1. The Morgan fingerprint density at radius 2 is 1.53 bits per heavy atom. The summed E-state index contributed by atoms with van der Waals surface area (Å²) in [6, 6.07) is 7.29. The van der Waals surface area contributed by atoms with Crippen LogP contribution in [0.1, 0.15) is 32.8 Å². The molecule has 0 unspecified atom stereocenters. The molecule has 0 aliphatic carbocycles. The molecule has 0 atom stereocenters. The lowest BCUT2D eigenvalue weighted by molar-refractivity contribution is -0.140. The van der Waals surface area contributed by atoms with Crippen molar-refractivity contribution in [3.8, 4) is 0 Å². The Balaban J connectivity index is 1.47. The van der Waals surface area contributed by atoms with E-state index in [4.69, 9.17) is 4.74 Å². The summed E-state index contributed by atoms with van der Waals surface area (Å²) in [5.41, 5.74) is 1.18. The van der Waals surface area contributed by atoms with Gasteiger partial charge >= 0.3 is 18.1 Å². The molecular weight excluding hydrogens is 440 g/mol. The molecule has 2 aliphatic heterocycles. The van der Waals surface area contributed by atoms with E-state index in [1.807, 2.05) is 45.0 Å². The van der Waals surface area contributed by atoms with Gasteiger partial charge in [0.1, 0.15) is 12.1 Å². The number of piperazine rings is 1. The number of esters is 1. The maximum absolute atomic E-state index is 12.9. The lowest BCUT2D eigenvalue weighted by Gasteiger charge is -2.36. The summed E-state index contributed by atoms with van der Waals surface area (Å²) in [4.78, 5) is 55.7. The zero-order valence-electron chi connectivity index (χ0n) is 20.4. The number of hydrogen-bond acceptors (Lipinski definition) is 6. The lowest BCUT2D eigenvalue weighted by atomic mass is 10.1. The Morgan fingerprint density at radius 1 is 0.912 bits per heavy atom. The Labute approximate surface area is 200 Å². The second-order valence-corrected chi connectivity index (χ2v) is 9.45. The average molecular weight is 475 g/mol. The molecule has 2 aliphatic rings. The maximum Gasteiger partial charge on any atom is 0.410 e. The first-order valence-corrected chi connectivity index (χ1v) is 11.6. The van der Waals surface area contributed by atoms with Gasteiger partial charge < -0.3 is 24.2 Å². The van der Waals surface area contributed by atoms with E-state index in [2.05, 4.69) is 4.74 Å². The molecule has 0 N–H and O–H groups in total. The minimum absolute atomic E-state index is 0.0129. The summed E-state index contributed by atoms with van der Waals surface area (Å²) in [5.74, 6) is -0.387. The Bertz CT molecular complexity index is 903. The summed E-state index contributed by atoms with van der Waals surface area (Å²) < 4.78 is 10.0. The molecule has 34 heavy (non-hydrogen) atoms. The minimum Gasteiger partial charge on any atom is -0.469 e. The lowest BCUT2D eigenvalue weighted by Crippen LogP contribution is -2.53. The number of carbonyl (C=O) groups is 4. The fourth-order valence-electron chi connectivity index (χ4n) is 3.89. The van der Waals surface area contributed by atoms with Crippen molar-refractivity contribution in [1.29, 1.82) is 0 Å². The molecule has 2 saturated heterocycles. The Hall–Kier alpha value is -3.30. The summed E-state index contributed by atoms with van der Waals surface area (Å²) in [6.07, 6.45) is 0.504. The van der Waals surface area contributed by atoms with Crippen molar-refractivity contribution in [3.63, 3.8) is 0 Å². The number of carbonyl (C=O) groups excluding carboxylic acids is 4. The molecule has 0 bridgehead atoms. The van der Waals surface area contributed by atoms with Crippen molar-refractivity contribution in [1.82, 2.24) is 14.7 Å². The number of urea groups is 1. The van der Waals surface area contributed by atoms with E-state index in [0.29, 0.717) is 52.1 Å². The van der Waals surface area contributed by atoms with Crippen LogP contribution in [0.15, 0.2) is 24.3 Å². The van der Waals surface area contributed by atoms with Crippen LogP contribution in [0.2, 0.25) is 0 Å². The predicted octanol–water partition coefficient (Wildman–Crippen LogP) is 2.11. The quantitative estimate of drug-likeness (QED) is 0.586. The summed E-state index contributed by atoms with van der Waals surface area (Å²) >= 11 is 0. The predicted molar refractivity (Wildman–Crippen MR) is 125 cm³/mol. The molecule has 0 spiro atoms. The Kier molecular flexibility index (Phi) is 8.01. The van der Waals surface area contributed by atoms with Gasteiger partial charge in [-0.2, -0.15) is 0 Å². The first-order chi connectivity index (χ1) is 16.1. The fourth-order valence-corrected chi connectivity index (χ4v) is 3.89. The van der Waals surface area contributed by atoms with Crippen LogP contribution in [0.5, 0.6) is 0 Å². The fraction of sp³-hybridized carbons (Fsp3) is 0.583. The van der Waals surface area contributed by atoms with Gasteiger partial charge in [-0.15, -0.1) is 0 Å². The van der Waals surface area contributed by atoms with Gasteiger partial charge in [-0.3, -0.25) is 14.5 Å². The van der Waals surface area contributed by atoms with E-state index >= 15 is 0 Å². The second-order valence-electron chi connectivity index (χ2n) is 9.45. The van der Waals surface area contributed by atoms with E-state index in [-0.39, 0.29) is 30.5 Å². The van der Waals surface area contributed by atoms with E-state index in [1.165, 1.54) is 7.11 Å². The average Bonchev–Trinajstić information content (AvgIpc) is 3.16. The molecule has 0 aromatic heterocycles. The van der Waals surface area contributed by atoms with Gasteiger partial charge in [0.15, 0.2) is 0 Å². The standard InChI is InChI=1S/C24H34N4O6/c1-24(2,3)34-23(32)26-13-11-25(12-14-26)20(29)17-27-15-16-28(22(27)31)19-8-5-18(6-9-19)7-10-21(30)33-4/h5-6,8-9H,7,10-17H2,1-4H3. The zero-order valence-corrected chi connectivity index (χ0v) is 20.4. The van der Waals surface area contributed by atoms with Gasteiger partial charge in [-0.25, -0.2) is 9.59 Å². The summed E-state index contributed by atoms with van der Waals surface area (Å²) in [6.45, 7) is 8.08. The number of amides is 4. The van der Waals surface area contributed by atoms with E-state index in [9.17, 15) is 19.2 Å². The van der Waals surface area contributed by atoms with Crippen LogP contribution in [-0.2, 0) is 25.5 Å². The number of aryl methyl sites for hydroxylation is 1. The van der Waals surface area contributed by atoms with Crippen LogP contribution in [-0.4, -0.2) is 97.2 Å². The number of ether oxygens (including phenoxy) is 2. The van der Waals surface area contributed by atoms with E-state index in [1.54, 1.807) is 19.6 Å². The van der Waals surface area contributed by atoms with Crippen LogP contribution in [0.4, 0.5) is 15.3 Å². The monoisotopic (exact) mass is 474 g/mol. The summed E-state index contributed by atoms with van der Waals surface area (Å²) in [5, 5.41) is 0. The molecular formula is C24H34N4O6. The van der Waals surface area contributed by atoms with Crippen molar-refractivity contribution in [2.75, 3.05) is 57.8 Å². The minimum atomic E-state index is -0.560. The molecule has 0 radical (unpaired) electrons. The highest BCUT2D eigenvalue weighted by molar-refractivity contribution is 5.96. The molecule has 2 heterocycles. The molecule has 1 aromatic rings. The number of hydrogen-bond donors (Lipinski definition) is 0. The molecule has 4 amide bonds. The van der Waals surface area contributed by atoms with Gasteiger partial charge in [-0.1, -0.05) is 12.1 Å². The van der Waals surface area contributed by atoms with Gasteiger partial charge in [0, 0.05) is 51.4 Å². The number of benzene rings is 1. The number of anilines is 1. The number of rotatable bonds is 6. The smallest absolute Gasteiger partial charge is 0.410 e. The number of methoxy groups -OCH3 is 1. The second kappa shape index (κ2) is 10.8. The third-order valence-electron chi connectivity index (χ3n) is 5.80. The molecule has 0 saturated carbocycles. The van der Waals surface area contributed by atoms with Crippen LogP contribution in [0.3, 0.4) is 0 Å². The largest absolute Gasteiger partial charge is 0.469 e. The molecule has 186 valence electrons. The highest BCUT2D eigenvalue weighted by Crippen LogP contribution is 2.22. The van der Waals surface area contributed by atoms with Crippen molar-refractivity contribution < 1.29 is 28.7 Å². The highest BCUT2D eigenvalue weighted by Gasteiger charge is 2.33. The highest BCUT2D eigenvalue weighted by atomic mass is 16.6. The van der Waals surface area contributed by atoms with Crippen LogP contribution >= 0.6 is 0 Å². The number of nitrogens with zero attached hydrogens (tertiary/aromatic N) is 4. The van der Waals surface area contributed by atoms with E-state index < -0.39 is 5.60 Å². The van der Waals surface area contributed by atoms with Gasteiger partial charge in [-0.05, 0) is 44.9 Å². The molecule has 10 nitrogen and oxygen atoms in total. The zero-order chi connectivity index (χ0) is 24.9. The van der Waals surface area contributed by atoms with Crippen LogP contribution in [0, 0.1) is 0 Å². The third-order valence-corrected chi connectivity index (χ3v) is 5.80. The van der Waals surface area contributed by atoms with Gasteiger partial charge in [0.05, 0.1) is 7.11 Å². The van der Waals surface area contributed by atoms with Crippen molar-refractivity contribution in [2.45, 2.75) is 39.2 Å². The summed E-state index contributed by atoms with van der Waals surface area (Å²) in [7, 11) is 1.37. The maximum atomic E-state index is 12.9. The molecule has 3 rings (SSSR count). The van der Waals surface area contributed by atoms with Crippen molar-refractivity contribution >= 4 is 29.7 Å². The molecule has 10 heteroatoms. The van der Waals surface area contributed by atoms with Crippen LogP contribution < -0.4 is 4.90 Å². The van der Waals surface area contributed by atoms with Crippen molar-refractivity contribution in [2.24, 2.45) is 0 Å². The third kappa shape index (κ3) is 6.61.